The molecule has 188 valence electrons. The van der Waals surface area contributed by atoms with Crippen LogP contribution in [-0.2, 0) is 17.8 Å². The van der Waals surface area contributed by atoms with Gasteiger partial charge in [-0.3, -0.25) is 4.79 Å². The molecule has 0 spiro atoms. The van der Waals surface area contributed by atoms with Crippen LogP contribution in [-0.4, -0.2) is 96.5 Å². The molecule has 3 aliphatic heterocycles. The van der Waals surface area contributed by atoms with Gasteiger partial charge in [-0.15, -0.1) is 0 Å². The van der Waals surface area contributed by atoms with Gasteiger partial charge in [0.25, 0.3) is 0 Å². The summed E-state index contributed by atoms with van der Waals surface area (Å²) in [5, 5.41) is 3.62. The van der Waals surface area contributed by atoms with Crippen molar-refractivity contribution in [1.82, 2.24) is 24.7 Å². The van der Waals surface area contributed by atoms with Crippen molar-refractivity contribution in [3.63, 3.8) is 0 Å². The number of nitrogens with zero attached hydrogens (tertiary/aromatic N) is 6. The molecule has 1 amide bonds. The highest BCUT2D eigenvalue weighted by Gasteiger charge is 2.24. The number of benzene rings is 1. The monoisotopic (exact) mass is 477 g/mol. The second-order valence-electron chi connectivity index (χ2n) is 10.2. The van der Waals surface area contributed by atoms with Crippen LogP contribution in [0.4, 0.5) is 11.5 Å². The third-order valence-electron chi connectivity index (χ3n) is 7.65. The van der Waals surface area contributed by atoms with Crippen LogP contribution in [0.1, 0.15) is 37.4 Å². The van der Waals surface area contributed by atoms with Crippen LogP contribution in [0.3, 0.4) is 0 Å². The molecule has 0 radical (unpaired) electrons. The fourth-order valence-electron chi connectivity index (χ4n) is 5.38. The first-order chi connectivity index (χ1) is 17.1. The minimum absolute atomic E-state index is 0.104. The number of hydrogen-bond acceptors (Lipinski definition) is 7. The number of likely N-dealkylation sites (tertiary alicyclic amines) is 1. The molecule has 35 heavy (non-hydrogen) atoms. The minimum Gasteiger partial charge on any atom is -0.370 e. The van der Waals surface area contributed by atoms with Crippen molar-refractivity contribution in [2.45, 2.75) is 39.2 Å². The van der Waals surface area contributed by atoms with Crippen molar-refractivity contribution in [3.8, 4) is 11.4 Å². The second-order valence-corrected chi connectivity index (χ2v) is 10.2. The van der Waals surface area contributed by atoms with Crippen molar-refractivity contribution >= 4 is 17.4 Å². The van der Waals surface area contributed by atoms with Crippen LogP contribution in [0.15, 0.2) is 24.3 Å². The van der Waals surface area contributed by atoms with Crippen LogP contribution < -0.4 is 10.2 Å². The molecule has 3 aliphatic rings. The number of anilines is 2. The van der Waals surface area contributed by atoms with Gasteiger partial charge in [0.05, 0.1) is 12.2 Å². The minimum atomic E-state index is 0.104. The first kappa shape index (κ1) is 24.0. The third kappa shape index (κ3) is 5.76. The van der Waals surface area contributed by atoms with Gasteiger partial charge in [-0.1, -0.05) is 0 Å². The smallest absolute Gasteiger partial charge is 0.219 e. The number of likely N-dealkylation sites (N-methyl/N-ethyl adjacent to an activating group) is 1. The van der Waals surface area contributed by atoms with Gasteiger partial charge in [-0.2, -0.15) is 0 Å². The van der Waals surface area contributed by atoms with E-state index < -0.39 is 0 Å². The first-order valence-electron chi connectivity index (χ1n) is 13.2. The summed E-state index contributed by atoms with van der Waals surface area (Å²) in [6.07, 6.45) is 4.56. The highest BCUT2D eigenvalue weighted by Crippen LogP contribution is 2.28. The number of piperazine rings is 1. The Hall–Kier alpha value is -2.71. The lowest BCUT2D eigenvalue weighted by atomic mass is 10.0. The molecule has 1 N–H and O–H groups in total. The van der Waals surface area contributed by atoms with E-state index in [-0.39, 0.29) is 5.91 Å². The van der Waals surface area contributed by atoms with Crippen molar-refractivity contribution in [2.75, 3.05) is 76.2 Å². The number of nitrogens with one attached hydrogen (secondary N) is 1. The van der Waals surface area contributed by atoms with Crippen molar-refractivity contribution in [1.29, 1.82) is 0 Å². The summed E-state index contributed by atoms with van der Waals surface area (Å²) in [6, 6.07) is 8.65. The molecule has 0 saturated carbocycles. The Morgan fingerprint density at radius 3 is 2.43 bits per heavy atom. The van der Waals surface area contributed by atoms with E-state index in [1.165, 1.54) is 37.2 Å². The van der Waals surface area contributed by atoms with E-state index in [2.05, 4.69) is 51.3 Å². The first-order valence-corrected chi connectivity index (χ1v) is 13.2. The van der Waals surface area contributed by atoms with Crippen LogP contribution in [0.5, 0.6) is 0 Å². The van der Waals surface area contributed by atoms with Crippen LogP contribution in [0, 0.1) is 0 Å². The molecule has 2 saturated heterocycles. The average molecular weight is 478 g/mol. The molecule has 5 rings (SSSR count). The molecule has 0 bridgehead atoms. The zero-order chi connectivity index (χ0) is 24.2. The molecule has 2 aromatic rings. The standard InChI is InChI=1S/C27H39N7O/c1-21(35)34-15-10-24-25(20-34)29-26(30-27(24)28-11-5-14-32-12-3-4-13-32)22-6-8-23(9-7-22)33-18-16-31(2)17-19-33/h6-9H,3-5,10-20H2,1-2H3,(H,28,29,30). The maximum atomic E-state index is 12.0. The van der Waals surface area contributed by atoms with E-state index >= 15 is 0 Å². The Labute approximate surface area is 209 Å². The Bertz CT molecular complexity index is 1010. The summed E-state index contributed by atoms with van der Waals surface area (Å²) < 4.78 is 0. The summed E-state index contributed by atoms with van der Waals surface area (Å²) in [4.78, 5) is 31.2. The number of amides is 1. The third-order valence-corrected chi connectivity index (χ3v) is 7.65. The summed E-state index contributed by atoms with van der Waals surface area (Å²) in [6.45, 7) is 11.7. The zero-order valence-electron chi connectivity index (χ0n) is 21.3. The molecule has 8 heteroatoms. The van der Waals surface area contributed by atoms with E-state index in [4.69, 9.17) is 9.97 Å². The van der Waals surface area contributed by atoms with Gasteiger partial charge in [0.15, 0.2) is 5.82 Å². The topological polar surface area (TPSA) is 67.8 Å². The molecule has 0 aliphatic carbocycles. The van der Waals surface area contributed by atoms with Crippen LogP contribution >= 0.6 is 0 Å². The van der Waals surface area contributed by atoms with Gasteiger partial charge < -0.3 is 24.9 Å². The lowest BCUT2D eigenvalue weighted by Gasteiger charge is -2.34. The largest absolute Gasteiger partial charge is 0.370 e. The molecule has 2 fully saturated rings. The fraction of sp³-hybridized carbons (Fsp3) is 0.593. The molecule has 0 atom stereocenters. The van der Waals surface area contributed by atoms with E-state index in [9.17, 15) is 4.79 Å². The predicted molar refractivity (Wildman–Crippen MR) is 141 cm³/mol. The highest BCUT2D eigenvalue weighted by atomic mass is 16.2. The van der Waals surface area contributed by atoms with Gasteiger partial charge in [0.2, 0.25) is 5.91 Å². The zero-order valence-corrected chi connectivity index (χ0v) is 21.3. The van der Waals surface area contributed by atoms with Crippen LogP contribution in [0.25, 0.3) is 11.4 Å². The fourth-order valence-corrected chi connectivity index (χ4v) is 5.38. The van der Waals surface area contributed by atoms with Crippen molar-refractivity contribution in [3.05, 3.63) is 35.5 Å². The van der Waals surface area contributed by atoms with Gasteiger partial charge in [0, 0.05) is 63.0 Å². The molecule has 8 nitrogen and oxygen atoms in total. The van der Waals surface area contributed by atoms with E-state index in [0.29, 0.717) is 6.54 Å². The Morgan fingerprint density at radius 2 is 1.71 bits per heavy atom. The maximum Gasteiger partial charge on any atom is 0.219 e. The second kappa shape index (κ2) is 10.9. The summed E-state index contributed by atoms with van der Waals surface area (Å²) in [5.41, 5.74) is 4.41. The maximum absolute atomic E-state index is 12.0. The summed E-state index contributed by atoms with van der Waals surface area (Å²) in [5.74, 6) is 1.78. The van der Waals surface area contributed by atoms with Gasteiger partial charge in [-0.05, 0) is 76.6 Å². The molecular weight excluding hydrogens is 438 g/mol. The SMILES string of the molecule is CC(=O)N1CCc2c(nc(-c3ccc(N4CCN(C)CC4)cc3)nc2NCCCN2CCCC2)C1. The Balaban J connectivity index is 1.34. The summed E-state index contributed by atoms with van der Waals surface area (Å²) in [7, 11) is 2.18. The highest BCUT2D eigenvalue weighted by molar-refractivity contribution is 5.74. The molecule has 0 unspecified atom stereocenters. The van der Waals surface area contributed by atoms with E-state index in [0.717, 1.165) is 81.6 Å². The lowest BCUT2D eigenvalue weighted by Crippen LogP contribution is -2.44. The van der Waals surface area contributed by atoms with Gasteiger partial charge in [0.1, 0.15) is 5.82 Å². The number of rotatable bonds is 7. The predicted octanol–water partition coefficient (Wildman–Crippen LogP) is 2.70. The van der Waals surface area contributed by atoms with Crippen molar-refractivity contribution < 1.29 is 4.79 Å². The van der Waals surface area contributed by atoms with Crippen molar-refractivity contribution in [2.24, 2.45) is 0 Å². The number of hydrogen-bond donors (Lipinski definition) is 1. The van der Waals surface area contributed by atoms with E-state index in [1.807, 2.05) is 4.90 Å². The quantitative estimate of drug-likeness (QED) is 0.615. The Kier molecular flexibility index (Phi) is 7.48. The Morgan fingerprint density at radius 1 is 0.971 bits per heavy atom. The summed E-state index contributed by atoms with van der Waals surface area (Å²) >= 11 is 0. The molecular formula is C27H39N7O. The van der Waals surface area contributed by atoms with E-state index in [1.54, 1.807) is 6.92 Å². The molecule has 1 aromatic heterocycles. The lowest BCUT2D eigenvalue weighted by molar-refractivity contribution is -0.129. The molecule has 4 heterocycles. The molecule has 1 aromatic carbocycles. The number of carbonyl (C=O) groups is 1. The normalized spacial score (nSPS) is 19.1. The van der Waals surface area contributed by atoms with Gasteiger partial charge in [-0.25, -0.2) is 9.97 Å². The average Bonchev–Trinajstić information content (AvgIpc) is 3.40. The number of fused-ring (bicyclic) bond motifs is 1. The van der Waals surface area contributed by atoms with Crippen LogP contribution in [0.2, 0.25) is 0 Å². The number of carbonyl (C=O) groups excluding carboxylic acids is 1. The number of aromatic nitrogens is 2. The van der Waals surface area contributed by atoms with Gasteiger partial charge >= 0.3 is 0 Å².